The number of alkyl halides is 3. The number of carbonyl (C=O) groups is 2. The summed E-state index contributed by atoms with van der Waals surface area (Å²) in [7, 11) is 1.00. The summed E-state index contributed by atoms with van der Waals surface area (Å²) in [5.41, 5.74) is 0. The molecule has 0 bridgehead atoms. The summed E-state index contributed by atoms with van der Waals surface area (Å²) in [5.74, 6) is 0. The molecule has 0 aromatic carbocycles. The maximum absolute atomic E-state index is 8.36. The highest BCUT2D eigenvalue weighted by Crippen LogP contribution is 2.03. The van der Waals surface area contributed by atoms with Crippen molar-refractivity contribution in [3.63, 3.8) is 0 Å². The largest absolute Gasteiger partial charge is 0.483 e. The van der Waals surface area contributed by atoms with Crippen LogP contribution in [0.2, 0.25) is 0 Å². The molecular weight excluding hydrogens is 298 g/mol. The summed E-state index contributed by atoms with van der Waals surface area (Å²) in [6.45, 7) is 4.15. The molecule has 0 radical (unpaired) electrons. The second kappa shape index (κ2) is 74.2. The van der Waals surface area contributed by atoms with E-state index in [-0.39, 0.29) is 11.9 Å². The fourth-order valence-corrected chi connectivity index (χ4v) is 0.158. The first-order valence-corrected chi connectivity index (χ1v) is 5.22. The van der Waals surface area contributed by atoms with Crippen LogP contribution in [0.4, 0.5) is 0 Å². The molecule has 9 heteroatoms. The van der Waals surface area contributed by atoms with Gasteiger partial charge in [-0.05, 0) is 6.42 Å². The third kappa shape index (κ3) is 858. The van der Waals surface area contributed by atoms with Gasteiger partial charge in [0.25, 0.3) is 6.47 Å². The monoisotopic (exact) mass is 318 g/mol. The van der Waals surface area contributed by atoms with Crippen molar-refractivity contribution in [3.8, 4) is 0 Å². The standard InChI is InChI=1S/C4H10O.CHCl3.CH2O2.CH4O.CH2O.H2O/c1-2-3-4-5;2-1(3)4;2-1-3;2*1-2;/h5H,2-4H2,1H3;1H;1H,(H,2,3);2H,1H3;1H2;1H2. The van der Waals surface area contributed by atoms with Gasteiger partial charge in [-0.3, -0.25) is 4.79 Å². The van der Waals surface area contributed by atoms with Crippen LogP contribution in [-0.2, 0) is 9.59 Å². The Morgan fingerprint density at radius 1 is 1.24 bits per heavy atom. The van der Waals surface area contributed by atoms with Gasteiger partial charge in [0.05, 0.1) is 0 Å². The molecule has 0 aromatic rings. The first kappa shape index (κ1) is 36.0. The van der Waals surface area contributed by atoms with Crippen molar-refractivity contribution in [1.82, 2.24) is 0 Å². The van der Waals surface area contributed by atoms with Crippen molar-refractivity contribution in [2.45, 2.75) is 24.1 Å². The first-order valence-electron chi connectivity index (χ1n) is 3.91. The van der Waals surface area contributed by atoms with E-state index in [0.717, 1.165) is 20.0 Å². The minimum absolute atomic E-state index is 0. The number of carboxylic acid groups (broad SMARTS) is 1. The lowest BCUT2D eigenvalue weighted by atomic mass is 10.4. The van der Waals surface area contributed by atoms with Gasteiger partial charge in [0.2, 0.25) is 0 Å². The lowest BCUT2D eigenvalue weighted by Gasteiger charge is -1.79. The topological polar surface area (TPSA) is 126 Å². The van der Waals surface area contributed by atoms with E-state index in [1.165, 1.54) is 0 Å². The fourth-order valence-electron chi connectivity index (χ4n) is 0.158. The number of carbonyl (C=O) groups excluding carboxylic acids is 1. The molecule has 0 heterocycles. The maximum atomic E-state index is 8.36. The third-order valence-corrected chi connectivity index (χ3v) is 0.512. The molecular formula is C8H21Cl3O6. The molecule has 0 spiro atoms. The summed E-state index contributed by atoms with van der Waals surface area (Å²) in [6, 6.07) is 0. The number of aliphatic hydroxyl groups is 2. The van der Waals surface area contributed by atoms with E-state index in [4.69, 9.17) is 59.7 Å². The molecule has 0 aliphatic carbocycles. The summed E-state index contributed by atoms with van der Waals surface area (Å²) in [5, 5.41) is 22.0. The van der Waals surface area contributed by atoms with Crippen LogP contribution < -0.4 is 0 Å². The summed E-state index contributed by atoms with van der Waals surface area (Å²) < 4.78 is -0.750. The Labute approximate surface area is 116 Å². The minimum Gasteiger partial charge on any atom is -0.483 e. The average molecular weight is 320 g/mol. The van der Waals surface area contributed by atoms with Gasteiger partial charge in [-0.2, -0.15) is 0 Å². The van der Waals surface area contributed by atoms with Gasteiger partial charge in [0, 0.05) is 13.7 Å². The summed E-state index contributed by atoms with van der Waals surface area (Å²) in [4.78, 5) is 16.4. The van der Waals surface area contributed by atoms with Crippen LogP contribution >= 0.6 is 34.8 Å². The molecule has 17 heavy (non-hydrogen) atoms. The van der Waals surface area contributed by atoms with Crippen LogP contribution in [0.1, 0.15) is 19.8 Å². The second-order valence-corrected chi connectivity index (χ2v) is 3.41. The highest BCUT2D eigenvalue weighted by Gasteiger charge is 1.78. The molecule has 0 unspecified atom stereocenters. The van der Waals surface area contributed by atoms with Crippen LogP contribution in [0.3, 0.4) is 0 Å². The van der Waals surface area contributed by atoms with Crippen molar-refractivity contribution < 1.29 is 30.4 Å². The van der Waals surface area contributed by atoms with Gasteiger partial charge in [0.15, 0.2) is 4.30 Å². The first-order chi connectivity index (χ1) is 7.56. The predicted molar refractivity (Wildman–Crippen MR) is 70.9 cm³/mol. The molecule has 110 valence electrons. The van der Waals surface area contributed by atoms with Crippen LogP contribution in [-0.4, -0.2) is 52.1 Å². The lowest BCUT2D eigenvalue weighted by molar-refractivity contribution is -0.122. The SMILES string of the molecule is C=O.CCCCO.CO.ClC(Cl)Cl.O.O=CO. The highest BCUT2D eigenvalue weighted by molar-refractivity contribution is 6.63. The van der Waals surface area contributed by atoms with E-state index in [9.17, 15) is 0 Å². The number of unbranched alkanes of at least 4 members (excludes halogenated alkanes) is 1. The molecule has 5 N–H and O–H groups in total. The van der Waals surface area contributed by atoms with Crippen molar-refractivity contribution in [1.29, 1.82) is 0 Å². The smallest absolute Gasteiger partial charge is 0.290 e. The Bertz CT molecular complexity index is 82.9. The molecule has 0 saturated carbocycles. The lowest BCUT2D eigenvalue weighted by Crippen LogP contribution is -1.75. The van der Waals surface area contributed by atoms with Gasteiger partial charge in [-0.15, -0.1) is 0 Å². The molecule has 0 atom stereocenters. The number of halogens is 3. The Balaban J connectivity index is -0.0000000231. The van der Waals surface area contributed by atoms with E-state index in [1.54, 1.807) is 0 Å². The zero-order chi connectivity index (χ0) is 14.4. The van der Waals surface area contributed by atoms with Crippen LogP contribution in [0.5, 0.6) is 0 Å². The Hall–Kier alpha value is -0.110. The summed E-state index contributed by atoms with van der Waals surface area (Å²) in [6.07, 6.45) is 2.04. The predicted octanol–water partition coefficient (Wildman–Crippen LogP) is 1.06. The van der Waals surface area contributed by atoms with Crippen molar-refractivity contribution in [2.24, 2.45) is 0 Å². The highest BCUT2D eigenvalue weighted by atomic mass is 35.6. The second-order valence-electron chi connectivity index (χ2n) is 1.43. The molecule has 0 rings (SSSR count). The number of aliphatic hydroxyl groups excluding tert-OH is 2. The van der Waals surface area contributed by atoms with Crippen molar-refractivity contribution in [3.05, 3.63) is 0 Å². The van der Waals surface area contributed by atoms with Crippen LogP contribution in [0.25, 0.3) is 0 Å². The Morgan fingerprint density at radius 3 is 1.41 bits per heavy atom. The van der Waals surface area contributed by atoms with E-state index in [2.05, 4.69) is 6.92 Å². The third-order valence-electron chi connectivity index (χ3n) is 0.512. The molecule has 6 nitrogen and oxygen atoms in total. The molecule has 0 aromatic heterocycles. The van der Waals surface area contributed by atoms with Gasteiger partial charge in [0.1, 0.15) is 6.79 Å². The van der Waals surface area contributed by atoms with E-state index >= 15 is 0 Å². The van der Waals surface area contributed by atoms with E-state index in [1.807, 2.05) is 6.79 Å². The molecule has 0 fully saturated rings. The molecule has 0 aliphatic heterocycles. The molecule has 0 aliphatic rings. The van der Waals surface area contributed by atoms with E-state index < -0.39 is 4.30 Å². The minimum atomic E-state index is -0.750. The van der Waals surface area contributed by atoms with Crippen LogP contribution in [0.15, 0.2) is 0 Å². The number of hydrogen-bond acceptors (Lipinski definition) is 4. The molecule has 0 saturated heterocycles. The Morgan fingerprint density at radius 2 is 1.41 bits per heavy atom. The number of rotatable bonds is 2. The zero-order valence-electron chi connectivity index (χ0n) is 9.78. The fraction of sp³-hybridized carbons (Fsp3) is 0.750. The number of hydrogen-bond donors (Lipinski definition) is 3. The van der Waals surface area contributed by atoms with Gasteiger partial charge in [-0.25, -0.2) is 0 Å². The maximum Gasteiger partial charge on any atom is 0.290 e. The van der Waals surface area contributed by atoms with Gasteiger partial charge < -0.3 is 25.6 Å². The normalized spacial score (nSPS) is 5.88. The van der Waals surface area contributed by atoms with Crippen molar-refractivity contribution >= 4 is 48.1 Å². The van der Waals surface area contributed by atoms with Crippen LogP contribution in [0, 0.1) is 0 Å². The van der Waals surface area contributed by atoms with Gasteiger partial charge >= 0.3 is 0 Å². The average Bonchev–Trinajstić information content (AvgIpc) is 2.25. The molecule has 0 amide bonds. The van der Waals surface area contributed by atoms with E-state index in [0.29, 0.717) is 6.61 Å². The quantitative estimate of drug-likeness (QED) is 0.518. The van der Waals surface area contributed by atoms with Gasteiger partial charge in [-0.1, -0.05) is 48.1 Å². The van der Waals surface area contributed by atoms with Crippen molar-refractivity contribution in [2.75, 3.05) is 13.7 Å². The zero-order valence-corrected chi connectivity index (χ0v) is 12.0. The Kier molecular flexibility index (Phi) is 157. The summed E-state index contributed by atoms with van der Waals surface area (Å²) >= 11 is 14.4.